The molecule has 8 heteroatoms. The number of nitrogen functional groups attached to an aromatic ring is 1. The highest BCUT2D eigenvalue weighted by molar-refractivity contribution is 7.91. The summed E-state index contributed by atoms with van der Waals surface area (Å²) in [6.45, 7) is 0. The first-order valence-electron chi connectivity index (χ1n) is 8.95. The van der Waals surface area contributed by atoms with E-state index >= 15 is 0 Å². The lowest BCUT2D eigenvalue weighted by atomic mass is 9.97. The fourth-order valence-electron chi connectivity index (χ4n) is 3.20. The number of aromatic carboxylic acids is 1. The Kier molecular flexibility index (Phi) is 5.98. The molecular weight excluding hydrogens is 406 g/mol. The largest absolute Gasteiger partial charge is 0.497 e. The third-order valence-corrected chi connectivity index (χ3v) is 6.51. The first kappa shape index (κ1) is 21.2. The van der Waals surface area contributed by atoms with Crippen LogP contribution in [0.25, 0.3) is 0 Å². The van der Waals surface area contributed by atoms with Crippen LogP contribution >= 0.6 is 0 Å². The van der Waals surface area contributed by atoms with Gasteiger partial charge in [0.15, 0.2) is 0 Å². The Labute approximate surface area is 174 Å². The first-order valence-corrected chi connectivity index (χ1v) is 10.4. The van der Waals surface area contributed by atoms with Gasteiger partial charge in [0, 0.05) is 12.0 Å². The Morgan fingerprint density at radius 2 is 1.63 bits per heavy atom. The first-order chi connectivity index (χ1) is 14.3. The Bertz CT molecular complexity index is 1170. The summed E-state index contributed by atoms with van der Waals surface area (Å²) in [6.07, 6.45) is 0.221. The van der Waals surface area contributed by atoms with Crippen LogP contribution in [0.4, 0.5) is 5.69 Å². The number of anilines is 1. The minimum Gasteiger partial charge on any atom is -0.497 e. The number of hydrogen-bond donors (Lipinski definition) is 2. The van der Waals surface area contributed by atoms with Gasteiger partial charge in [-0.05, 0) is 35.9 Å². The van der Waals surface area contributed by atoms with E-state index in [0.717, 1.165) is 11.6 Å². The molecule has 3 N–H and O–H groups in total. The van der Waals surface area contributed by atoms with Crippen molar-refractivity contribution in [1.29, 1.82) is 0 Å². The van der Waals surface area contributed by atoms with E-state index in [1.54, 1.807) is 0 Å². The molecule has 0 aliphatic rings. The highest BCUT2D eigenvalue weighted by Crippen LogP contribution is 2.39. The average molecular weight is 427 g/mol. The van der Waals surface area contributed by atoms with E-state index in [9.17, 15) is 18.3 Å². The van der Waals surface area contributed by atoms with Crippen molar-refractivity contribution in [3.05, 3.63) is 77.4 Å². The zero-order valence-electron chi connectivity index (χ0n) is 16.5. The molecule has 0 radical (unpaired) electrons. The van der Waals surface area contributed by atoms with Gasteiger partial charge in [-0.3, -0.25) is 0 Å². The van der Waals surface area contributed by atoms with Gasteiger partial charge in [0.25, 0.3) is 0 Å². The lowest BCUT2D eigenvalue weighted by Crippen LogP contribution is -2.13. The van der Waals surface area contributed by atoms with Gasteiger partial charge in [-0.25, -0.2) is 13.2 Å². The molecule has 0 saturated heterocycles. The summed E-state index contributed by atoms with van der Waals surface area (Å²) >= 11 is 0. The van der Waals surface area contributed by atoms with Crippen LogP contribution in [-0.2, 0) is 16.3 Å². The Hall–Kier alpha value is -3.52. The summed E-state index contributed by atoms with van der Waals surface area (Å²) in [4.78, 5) is 11.6. The molecule has 0 aliphatic carbocycles. The molecule has 156 valence electrons. The molecule has 0 fully saturated rings. The van der Waals surface area contributed by atoms with Gasteiger partial charge in [-0.15, -0.1) is 0 Å². The van der Waals surface area contributed by atoms with Crippen LogP contribution in [-0.4, -0.2) is 33.7 Å². The molecule has 3 rings (SSSR count). The minimum absolute atomic E-state index is 0.0332. The topological polar surface area (TPSA) is 116 Å². The molecule has 7 nitrogen and oxygen atoms in total. The van der Waals surface area contributed by atoms with Crippen LogP contribution in [0.3, 0.4) is 0 Å². The monoisotopic (exact) mass is 427 g/mol. The number of carboxylic acid groups (broad SMARTS) is 1. The number of nitrogens with two attached hydrogens (primary N) is 1. The van der Waals surface area contributed by atoms with Crippen molar-refractivity contribution in [3.8, 4) is 11.5 Å². The highest BCUT2D eigenvalue weighted by atomic mass is 32.2. The van der Waals surface area contributed by atoms with E-state index in [1.165, 1.54) is 38.5 Å². The van der Waals surface area contributed by atoms with Crippen molar-refractivity contribution in [1.82, 2.24) is 0 Å². The summed E-state index contributed by atoms with van der Waals surface area (Å²) in [5.41, 5.74) is 7.00. The van der Waals surface area contributed by atoms with Crippen molar-refractivity contribution in [3.63, 3.8) is 0 Å². The van der Waals surface area contributed by atoms with Gasteiger partial charge in [-0.2, -0.15) is 0 Å². The number of rotatable bonds is 7. The number of carbonyl (C=O) groups is 1. The maximum atomic E-state index is 13.2. The van der Waals surface area contributed by atoms with Crippen molar-refractivity contribution in [2.45, 2.75) is 16.2 Å². The van der Waals surface area contributed by atoms with Crippen LogP contribution in [0, 0.1) is 0 Å². The fourth-order valence-corrected chi connectivity index (χ4v) is 4.60. The second-order valence-corrected chi connectivity index (χ2v) is 8.41. The van der Waals surface area contributed by atoms with Crippen LogP contribution in [0.2, 0.25) is 0 Å². The number of ether oxygens (including phenoxy) is 2. The second kappa shape index (κ2) is 8.46. The molecular formula is C22H21NO6S. The van der Waals surface area contributed by atoms with Crippen molar-refractivity contribution in [2.75, 3.05) is 20.0 Å². The minimum atomic E-state index is -4.10. The molecule has 0 atom stereocenters. The van der Waals surface area contributed by atoms with E-state index in [-0.39, 0.29) is 33.2 Å². The van der Waals surface area contributed by atoms with E-state index in [0.29, 0.717) is 11.3 Å². The summed E-state index contributed by atoms with van der Waals surface area (Å²) in [6, 6.07) is 16.0. The van der Waals surface area contributed by atoms with Crippen molar-refractivity contribution >= 4 is 21.5 Å². The summed E-state index contributed by atoms with van der Waals surface area (Å²) in [5, 5.41) is 9.78. The van der Waals surface area contributed by atoms with Gasteiger partial charge in [-0.1, -0.05) is 30.3 Å². The van der Waals surface area contributed by atoms with Crippen LogP contribution < -0.4 is 15.2 Å². The summed E-state index contributed by atoms with van der Waals surface area (Å²) < 4.78 is 36.8. The molecule has 0 saturated carbocycles. The number of hydrogen-bond acceptors (Lipinski definition) is 6. The average Bonchev–Trinajstić information content (AvgIpc) is 2.74. The number of methoxy groups -OCH3 is 2. The van der Waals surface area contributed by atoms with E-state index in [4.69, 9.17) is 15.2 Å². The Morgan fingerprint density at radius 1 is 1.00 bits per heavy atom. The molecule has 30 heavy (non-hydrogen) atoms. The Balaban J connectivity index is 2.21. The number of carboxylic acids is 1. The van der Waals surface area contributed by atoms with Gasteiger partial charge in [0.2, 0.25) is 9.84 Å². The van der Waals surface area contributed by atoms with Crippen LogP contribution in [0.5, 0.6) is 11.5 Å². The second-order valence-electron chi connectivity index (χ2n) is 6.49. The van der Waals surface area contributed by atoms with Gasteiger partial charge in [0.1, 0.15) is 11.5 Å². The molecule has 3 aromatic rings. The molecule has 0 unspecified atom stereocenters. The normalized spacial score (nSPS) is 11.1. The number of sulfone groups is 1. The maximum absolute atomic E-state index is 13.2. The third kappa shape index (κ3) is 3.95. The lowest BCUT2D eigenvalue weighted by Gasteiger charge is -2.18. The predicted molar refractivity (Wildman–Crippen MR) is 112 cm³/mol. The van der Waals surface area contributed by atoms with Gasteiger partial charge >= 0.3 is 5.97 Å². The molecule has 0 bridgehead atoms. The lowest BCUT2D eigenvalue weighted by molar-refractivity contribution is 0.0695. The zero-order chi connectivity index (χ0) is 21.9. The van der Waals surface area contributed by atoms with Gasteiger partial charge < -0.3 is 20.3 Å². The quantitative estimate of drug-likeness (QED) is 0.555. The predicted octanol–water partition coefficient (Wildman–Crippen LogP) is 3.41. The molecule has 3 aromatic carbocycles. The van der Waals surface area contributed by atoms with E-state index < -0.39 is 15.8 Å². The Morgan fingerprint density at radius 3 is 2.17 bits per heavy atom. The van der Waals surface area contributed by atoms with Crippen LogP contribution in [0.1, 0.15) is 21.5 Å². The maximum Gasteiger partial charge on any atom is 0.336 e. The van der Waals surface area contributed by atoms with Gasteiger partial charge in [0.05, 0.1) is 35.3 Å². The van der Waals surface area contributed by atoms with Crippen LogP contribution in [0.15, 0.2) is 70.5 Å². The van der Waals surface area contributed by atoms with E-state index in [1.807, 2.05) is 30.3 Å². The van der Waals surface area contributed by atoms with Crippen molar-refractivity contribution < 1.29 is 27.8 Å². The summed E-state index contributed by atoms with van der Waals surface area (Å²) in [5.74, 6) is -0.750. The number of benzene rings is 3. The fraction of sp³-hybridized carbons (Fsp3) is 0.136. The highest BCUT2D eigenvalue weighted by Gasteiger charge is 2.28. The SMILES string of the molecule is COc1ccc(S(=O)(=O)c2cc(C(=O)O)c(Cc3ccccc3)c(OC)c2N)cc1. The van der Waals surface area contributed by atoms with E-state index in [2.05, 4.69) is 0 Å². The molecule has 0 aromatic heterocycles. The third-order valence-electron chi connectivity index (χ3n) is 4.70. The molecule has 0 amide bonds. The molecule has 0 heterocycles. The smallest absolute Gasteiger partial charge is 0.336 e. The molecule has 0 aliphatic heterocycles. The van der Waals surface area contributed by atoms with Crippen molar-refractivity contribution in [2.24, 2.45) is 0 Å². The summed E-state index contributed by atoms with van der Waals surface area (Å²) in [7, 11) is -1.30. The molecule has 0 spiro atoms. The standard InChI is InChI=1S/C22H21NO6S/c1-28-15-8-10-16(11-9-15)30(26,27)19-13-18(22(24)25)17(21(29-2)20(19)23)12-14-6-4-3-5-7-14/h3-11,13H,12,23H2,1-2H3,(H,24,25). The zero-order valence-corrected chi connectivity index (χ0v) is 17.3.